The van der Waals surface area contributed by atoms with Crippen LogP contribution in [0.25, 0.3) is 0 Å². The van der Waals surface area contributed by atoms with Crippen molar-refractivity contribution in [1.29, 1.82) is 0 Å². The molecule has 10 heteroatoms. The number of benzene rings is 2. The number of hydrogen-bond donors (Lipinski definition) is 1. The van der Waals surface area contributed by atoms with Gasteiger partial charge in [0.05, 0.1) is 22.5 Å². The molecule has 5 nitrogen and oxygen atoms in total. The number of aromatic amines is 1. The largest absolute Gasteiger partial charge is 0.416 e. The third-order valence-corrected chi connectivity index (χ3v) is 5.35. The molecule has 1 aliphatic heterocycles. The van der Waals surface area contributed by atoms with Crippen molar-refractivity contribution in [2.75, 3.05) is 16.5 Å². The van der Waals surface area contributed by atoms with Crippen LogP contribution in [0, 0.1) is 25.5 Å². The number of alkyl halides is 3. The minimum absolute atomic E-state index is 0.0664. The number of nitrogens with zero attached hydrogens (tertiary/aromatic N) is 2. The Balaban J connectivity index is 1.95. The molecule has 0 fully saturated rings. The Hall–Kier alpha value is -3.69. The zero-order chi connectivity index (χ0) is 23.4. The van der Waals surface area contributed by atoms with Gasteiger partial charge in [-0.1, -0.05) is 0 Å². The Labute approximate surface area is 178 Å². The second-order valence-corrected chi connectivity index (χ2v) is 7.37. The molecule has 1 aliphatic rings. The normalized spacial score (nSPS) is 14.0. The van der Waals surface area contributed by atoms with Crippen molar-refractivity contribution in [1.82, 2.24) is 4.98 Å². The van der Waals surface area contributed by atoms with Gasteiger partial charge in [0.1, 0.15) is 6.67 Å². The van der Waals surface area contributed by atoms with Gasteiger partial charge in [-0.3, -0.25) is 14.5 Å². The van der Waals surface area contributed by atoms with Crippen LogP contribution < -0.4 is 15.4 Å². The number of anilines is 3. The van der Waals surface area contributed by atoms with Crippen molar-refractivity contribution >= 4 is 23.0 Å². The summed E-state index contributed by atoms with van der Waals surface area (Å²) in [5, 5.41) is 0. The number of nitrogens with one attached hydrogen (secondary N) is 1. The van der Waals surface area contributed by atoms with E-state index in [1.54, 1.807) is 6.92 Å². The van der Waals surface area contributed by atoms with Crippen LogP contribution in [0.2, 0.25) is 0 Å². The number of hydrogen-bond acceptors (Lipinski definition) is 3. The van der Waals surface area contributed by atoms with Crippen LogP contribution in [0.5, 0.6) is 0 Å². The van der Waals surface area contributed by atoms with E-state index in [0.717, 1.165) is 24.3 Å². The molecular formula is C22H16F5N3O2. The van der Waals surface area contributed by atoms with Crippen molar-refractivity contribution in [2.24, 2.45) is 0 Å². The Kier molecular flexibility index (Phi) is 5.03. The zero-order valence-electron chi connectivity index (χ0n) is 16.8. The van der Waals surface area contributed by atoms with E-state index in [4.69, 9.17) is 0 Å². The van der Waals surface area contributed by atoms with Crippen LogP contribution in [0.3, 0.4) is 0 Å². The highest BCUT2D eigenvalue weighted by molar-refractivity contribution is 6.13. The molecule has 4 rings (SSSR count). The van der Waals surface area contributed by atoms with Crippen LogP contribution in [-0.2, 0) is 6.18 Å². The third kappa shape index (κ3) is 3.51. The van der Waals surface area contributed by atoms with E-state index in [1.165, 1.54) is 34.9 Å². The van der Waals surface area contributed by atoms with Gasteiger partial charge in [0.25, 0.3) is 5.91 Å². The Morgan fingerprint density at radius 3 is 2.19 bits per heavy atom. The zero-order valence-corrected chi connectivity index (χ0v) is 16.8. The summed E-state index contributed by atoms with van der Waals surface area (Å²) in [6, 6.07) is 7.46. The molecule has 3 aromatic rings. The maximum absolute atomic E-state index is 14.3. The van der Waals surface area contributed by atoms with Crippen molar-refractivity contribution in [3.8, 4) is 0 Å². The third-order valence-electron chi connectivity index (χ3n) is 5.35. The van der Waals surface area contributed by atoms with Crippen molar-refractivity contribution in [3.05, 3.63) is 86.8 Å². The second kappa shape index (κ2) is 7.47. The first-order chi connectivity index (χ1) is 15.0. The maximum atomic E-state index is 14.3. The maximum Gasteiger partial charge on any atom is 0.416 e. The molecule has 1 aromatic heterocycles. The van der Waals surface area contributed by atoms with Gasteiger partial charge in [-0.25, -0.2) is 8.78 Å². The molecule has 166 valence electrons. The molecule has 0 saturated heterocycles. The number of rotatable bonds is 2. The number of fused-ring (bicyclic) bond motifs is 1. The van der Waals surface area contributed by atoms with E-state index < -0.39 is 34.8 Å². The fourth-order valence-corrected chi connectivity index (χ4v) is 3.73. The lowest BCUT2D eigenvalue weighted by molar-refractivity contribution is -0.137. The molecule has 0 radical (unpaired) electrons. The van der Waals surface area contributed by atoms with Crippen molar-refractivity contribution in [3.63, 3.8) is 0 Å². The Morgan fingerprint density at radius 1 is 0.875 bits per heavy atom. The van der Waals surface area contributed by atoms with Gasteiger partial charge in [0, 0.05) is 23.0 Å². The molecular weight excluding hydrogens is 433 g/mol. The van der Waals surface area contributed by atoms with Gasteiger partial charge in [0.15, 0.2) is 11.6 Å². The minimum Gasteiger partial charge on any atom is -0.324 e. The van der Waals surface area contributed by atoms with Crippen LogP contribution in [0.15, 0.2) is 47.3 Å². The van der Waals surface area contributed by atoms with Crippen LogP contribution in [0.4, 0.5) is 39.0 Å². The lowest BCUT2D eigenvalue weighted by Crippen LogP contribution is -2.46. The summed E-state index contributed by atoms with van der Waals surface area (Å²) in [4.78, 5) is 30.0. The number of aromatic nitrogens is 1. The van der Waals surface area contributed by atoms with E-state index in [0.29, 0.717) is 5.69 Å². The highest BCUT2D eigenvalue weighted by Crippen LogP contribution is 2.40. The number of aryl methyl sites for hydroxylation is 1. The summed E-state index contributed by atoms with van der Waals surface area (Å²) in [6.07, 6.45) is -4.69. The lowest BCUT2D eigenvalue weighted by Gasteiger charge is -2.39. The van der Waals surface area contributed by atoms with E-state index in [2.05, 4.69) is 4.98 Å². The molecule has 2 aromatic carbocycles. The number of H-pyrrole nitrogens is 1. The van der Waals surface area contributed by atoms with Crippen molar-refractivity contribution < 1.29 is 26.7 Å². The van der Waals surface area contributed by atoms with Gasteiger partial charge in [-0.2, -0.15) is 13.2 Å². The number of pyridine rings is 1. The number of carbonyl (C=O) groups is 1. The van der Waals surface area contributed by atoms with Gasteiger partial charge >= 0.3 is 6.18 Å². The SMILES string of the molecule is Cc1[nH]c(=O)ccc1N1CN(c2ccc(F)c(F)c2C)c2ccc(C(F)(F)F)cc2C1=O. The monoisotopic (exact) mass is 449 g/mol. The molecule has 2 heterocycles. The van der Waals surface area contributed by atoms with E-state index >= 15 is 0 Å². The van der Waals surface area contributed by atoms with Gasteiger partial charge in [-0.15, -0.1) is 0 Å². The first-order valence-electron chi connectivity index (χ1n) is 9.44. The summed E-state index contributed by atoms with van der Waals surface area (Å²) < 4.78 is 67.9. The highest BCUT2D eigenvalue weighted by atomic mass is 19.4. The quantitative estimate of drug-likeness (QED) is 0.558. The Morgan fingerprint density at radius 2 is 1.53 bits per heavy atom. The van der Waals surface area contributed by atoms with E-state index in [-0.39, 0.29) is 34.9 Å². The fourth-order valence-electron chi connectivity index (χ4n) is 3.73. The molecule has 0 unspecified atom stereocenters. The smallest absolute Gasteiger partial charge is 0.324 e. The second-order valence-electron chi connectivity index (χ2n) is 7.37. The van der Waals surface area contributed by atoms with Gasteiger partial charge in [0.2, 0.25) is 5.56 Å². The minimum atomic E-state index is -4.69. The summed E-state index contributed by atoms with van der Waals surface area (Å²) in [5.41, 5.74) is -0.870. The van der Waals surface area contributed by atoms with Gasteiger partial charge in [-0.05, 0) is 50.2 Å². The molecule has 32 heavy (non-hydrogen) atoms. The number of amides is 1. The van der Waals surface area contributed by atoms with E-state index in [9.17, 15) is 31.5 Å². The summed E-state index contributed by atoms with van der Waals surface area (Å²) in [6.45, 7) is 2.68. The molecule has 1 N–H and O–H groups in total. The fraction of sp³-hybridized carbons (Fsp3) is 0.182. The predicted molar refractivity (Wildman–Crippen MR) is 108 cm³/mol. The van der Waals surface area contributed by atoms with Crippen LogP contribution in [0.1, 0.15) is 27.2 Å². The van der Waals surface area contributed by atoms with E-state index in [1.807, 2.05) is 0 Å². The van der Waals surface area contributed by atoms with Gasteiger partial charge < -0.3 is 9.88 Å². The number of halogens is 5. The lowest BCUT2D eigenvalue weighted by atomic mass is 10.0. The standard InChI is InChI=1S/C22H16F5N3O2/c1-11-16(6-4-15(23)20(11)24)29-10-30(17-7-8-19(31)28-12(17)2)21(32)14-9-13(22(25,26)27)3-5-18(14)29/h3-9H,10H2,1-2H3,(H,28,31). The first-order valence-corrected chi connectivity index (χ1v) is 9.44. The average Bonchev–Trinajstić information content (AvgIpc) is 2.73. The Bertz CT molecular complexity index is 1300. The summed E-state index contributed by atoms with van der Waals surface area (Å²) >= 11 is 0. The van der Waals surface area contributed by atoms with Crippen LogP contribution in [-0.4, -0.2) is 17.6 Å². The molecule has 1 amide bonds. The summed E-state index contributed by atoms with van der Waals surface area (Å²) in [5.74, 6) is -2.89. The molecule has 0 spiro atoms. The topological polar surface area (TPSA) is 56.4 Å². The van der Waals surface area contributed by atoms with Crippen molar-refractivity contribution in [2.45, 2.75) is 20.0 Å². The number of carbonyl (C=O) groups excluding carboxylic acids is 1. The first kappa shape index (κ1) is 21.5. The molecule has 0 atom stereocenters. The highest BCUT2D eigenvalue weighted by Gasteiger charge is 2.37. The average molecular weight is 449 g/mol. The molecule has 0 bridgehead atoms. The molecule has 0 aliphatic carbocycles. The summed E-state index contributed by atoms with van der Waals surface area (Å²) in [7, 11) is 0. The van der Waals surface area contributed by atoms with Crippen LogP contribution >= 0.6 is 0 Å². The molecule has 0 saturated carbocycles. The predicted octanol–water partition coefficient (Wildman–Crippen LogP) is 5.04.